The second-order valence-electron chi connectivity index (χ2n) is 5.07. The van der Waals surface area contributed by atoms with Gasteiger partial charge >= 0.3 is 5.97 Å². The average Bonchev–Trinajstić information content (AvgIpc) is 2.38. The SMILES string of the molecule is Cc1cc(Br)cc(Br)c1OCC(=O)OC1CCCCC1. The van der Waals surface area contributed by atoms with Gasteiger partial charge in [0, 0.05) is 4.47 Å². The molecule has 1 saturated carbocycles. The van der Waals surface area contributed by atoms with Crippen LogP contribution in [0.15, 0.2) is 21.1 Å². The Morgan fingerprint density at radius 1 is 1.25 bits per heavy atom. The predicted octanol–water partition coefficient (Wildman–Crippen LogP) is 4.77. The summed E-state index contributed by atoms with van der Waals surface area (Å²) in [5.74, 6) is 0.403. The van der Waals surface area contributed by atoms with E-state index in [0.717, 1.165) is 40.2 Å². The monoisotopic (exact) mass is 404 g/mol. The molecule has 5 heteroatoms. The lowest BCUT2D eigenvalue weighted by molar-refractivity contribution is -0.152. The Morgan fingerprint density at radius 2 is 1.95 bits per heavy atom. The summed E-state index contributed by atoms with van der Waals surface area (Å²) < 4.78 is 12.8. The van der Waals surface area contributed by atoms with Gasteiger partial charge in [-0.25, -0.2) is 4.79 Å². The van der Waals surface area contributed by atoms with Crippen molar-refractivity contribution in [3.05, 3.63) is 26.6 Å². The minimum Gasteiger partial charge on any atom is -0.480 e. The summed E-state index contributed by atoms with van der Waals surface area (Å²) in [5.41, 5.74) is 0.969. The van der Waals surface area contributed by atoms with E-state index in [1.807, 2.05) is 19.1 Å². The summed E-state index contributed by atoms with van der Waals surface area (Å²) in [5, 5.41) is 0. The number of aryl methyl sites for hydroxylation is 1. The maximum absolute atomic E-state index is 11.8. The molecule has 0 aromatic heterocycles. The molecule has 0 saturated heterocycles. The summed E-state index contributed by atoms with van der Waals surface area (Å²) in [7, 11) is 0. The molecular formula is C15H18Br2O3. The molecule has 0 spiro atoms. The Kier molecular flexibility index (Phi) is 5.90. The summed E-state index contributed by atoms with van der Waals surface area (Å²) in [6.07, 6.45) is 5.58. The molecule has 1 aliphatic rings. The van der Waals surface area contributed by atoms with Crippen molar-refractivity contribution >= 4 is 37.8 Å². The van der Waals surface area contributed by atoms with Crippen LogP contribution in [0.4, 0.5) is 0 Å². The third-order valence-corrected chi connectivity index (χ3v) is 4.43. The Labute approximate surface area is 136 Å². The number of carbonyl (C=O) groups excluding carboxylic acids is 1. The molecule has 0 bridgehead atoms. The Hall–Kier alpha value is -0.550. The number of carbonyl (C=O) groups is 1. The van der Waals surface area contributed by atoms with Gasteiger partial charge in [-0.2, -0.15) is 0 Å². The van der Waals surface area contributed by atoms with Crippen molar-refractivity contribution in [2.75, 3.05) is 6.61 Å². The van der Waals surface area contributed by atoms with Crippen LogP contribution in [-0.2, 0) is 9.53 Å². The van der Waals surface area contributed by atoms with Crippen molar-refractivity contribution in [2.45, 2.75) is 45.1 Å². The Morgan fingerprint density at radius 3 is 2.60 bits per heavy atom. The number of benzene rings is 1. The molecule has 20 heavy (non-hydrogen) atoms. The molecule has 0 unspecified atom stereocenters. The van der Waals surface area contributed by atoms with Crippen LogP contribution in [0.25, 0.3) is 0 Å². The van der Waals surface area contributed by atoms with Crippen LogP contribution in [0.2, 0.25) is 0 Å². The number of hydrogen-bond acceptors (Lipinski definition) is 3. The molecule has 110 valence electrons. The van der Waals surface area contributed by atoms with Crippen LogP contribution in [0.3, 0.4) is 0 Å². The van der Waals surface area contributed by atoms with Gasteiger partial charge in [0.05, 0.1) is 4.47 Å². The summed E-state index contributed by atoms with van der Waals surface area (Å²) in [6, 6.07) is 3.85. The van der Waals surface area contributed by atoms with E-state index >= 15 is 0 Å². The topological polar surface area (TPSA) is 35.5 Å². The van der Waals surface area contributed by atoms with Gasteiger partial charge in [0.1, 0.15) is 11.9 Å². The van der Waals surface area contributed by atoms with Gasteiger partial charge < -0.3 is 9.47 Å². The Bertz CT molecular complexity index is 459. The van der Waals surface area contributed by atoms with E-state index in [9.17, 15) is 4.79 Å². The molecule has 1 aromatic carbocycles. The highest BCUT2D eigenvalue weighted by Crippen LogP contribution is 2.32. The molecule has 1 fully saturated rings. The summed E-state index contributed by atoms with van der Waals surface area (Å²) in [4.78, 5) is 11.8. The van der Waals surface area contributed by atoms with Crippen molar-refractivity contribution in [1.29, 1.82) is 0 Å². The molecule has 0 radical (unpaired) electrons. The van der Waals surface area contributed by atoms with Gasteiger partial charge in [0.2, 0.25) is 0 Å². The normalized spacial score (nSPS) is 15.9. The van der Waals surface area contributed by atoms with E-state index in [-0.39, 0.29) is 18.7 Å². The zero-order valence-electron chi connectivity index (χ0n) is 11.5. The quantitative estimate of drug-likeness (QED) is 0.676. The molecule has 2 rings (SSSR count). The van der Waals surface area contributed by atoms with Crippen molar-refractivity contribution in [2.24, 2.45) is 0 Å². The number of esters is 1. The molecule has 0 N–H and O–H groups in total. The first-order valence-corrected chi connectivity index (χ1v) is 8.43. The molecule has 1 aliphatic carbocycles. The van der Waals surface area contributed by atoms with Gasteiger partial charge in [-0.05, 0) is 66.2 Å². The second-order valence-corrected chi connectivity index (χ2v) is 6.84. The molecule has 3 nitrogen and oxygen atoms in total. The van der Waals surface area contributed by atoms with Crippen molar-refractivity contribution in [1.82, 2.24) is 0 Å². The maximum Gasteiger partial charge on any atom is 0.344 e. The van der Waals surface area contributed by atoms with Gasteiger partial charge in [0.25, 0.3) is 0 Å². The predicted molar refractivity (Wildman–Crippen MR) is 85.0 cm³/mol. The highest BCUT2D eigenvalue weighted by molar-refractivity contribution is 9.11. The minimum absolute atomic E-state index is 0.0441. The zero-order valence-corrected chi connectivity index (χ0v) is 14.6. The lowest BCUT2D eigenvalue weighted by Gasteiger charge is -2.22. The van der Waals surface area contributed by atoms with E-state index in [0.29, 0.717) is 5.75 Å². The largest absolute Gasteiger partial charge is 0.480 e. The lowest BCUT2D eigenvalue weighted by atomic mass is 9.98. The van der Waals surface area contributed by atoms with Crippen molar-refractivity contribution in [3.8, 4) is 5.75 Å². The molecular weight excluding hydrogens is 388 g/mol. The van der Waals surface area contributed by atoms with Crippen LogP contribution >= 0.6 is 31.9 Å². The first-order valence-electron chi connectivity index (χ1n) is 6.84. The van der Waals surface area contributed by atoms with E-state index in [4.69, 9.17) is 9.47 Å². The highest BCUT2D eigenvalue weighted by Gasteiger charge is 2.18. The molecule has 1 aromatic rings. The number of hydrogen-bond donors (Lipinski definition) is 0. The van der Waals surface area contributed by atoms with E-state index < -0.39 is 0 Å². The van der Waals surface area contributed by atoms with E-state index in [1.54, 1.807) is 0 Å². The fraction of sp³-hybridized carbons (Fsp3) is 0.533. The fourth-order valence-corrected chi connectivity index (χ4v) is 3.96. The first kappa shape index (κ1) is 15.8. The summed E-state index contributed by atoms with van der Waals surface area (Å²) in [6.45, 7) is 1.90. The maximum atomic E-state index is 11.8. The van der Waals surface area contributed by atoms with Crippen molar-refractivity contribution in [3.63, 3.8) is 0 Å². The third-order valence-electron chi connectivity index (χ3n) is 3.38. The molecule has 0 atom stereocenters. The van der Waals surface area contributed by atoms with Crippen LogP contribution in [0.1, 0.15) is 37.7 Å². The molecule has 0 aliphatic heterocycles. The van der Waals surface area contributed by atoms with E-state index in [2.05, 4.69) is 31.9 Å². The van der Waals surface area contributed by atoms with E-state index in [1.165, 1.54) is 6.42 Å². The van der Waals surface area contributed by atoms with Gasteiger partial charge in [0.15, 0.2) is 6.61 Å². The zero-order chi connectivity index (χ0) is 14.5. The fourth-order valence-electron chi connectivity index (χ4n) is 2.41. The third kappa shape index (κ3) is 4.48. The van der Waals surface area contributed by atoms with Crippen LogP contribution in [-0.4, -0.2) is 18.7 Å². The Balaban J connectivity index is 1.87. The summed E-state index contributed by atoms with van der Waals surface area (Å²) >= 11 is 6.86. The van der Waals surface area contributed by atoms with Crippen LogP contribution in [0.5, 0.6) is 5.75 Å². The average molecular weight is 406 g/mol. The van der Waals surface area contributed by atoms with Crippen molar-refractivity contribution < 1.29 is 14.3 Å². The minimum atomic E-state index is -0.286. The van der Waals surface area contributed by atoms with Crippen LogP contribution < -0.4 is 4.74 Å². The van der Waals surface area contributed by atoms with Crippen LogP contribution in [0, 0.1) is 6.92 Å². The van der Waals surface area contributed by atoms with Gasteiger partial charge in [-0.1, -0.05) is 22.4 Å². The molecule has 0 heterocycles. The molecule has 0 amide bonds. The number of rotatable bonds is 4. The first-order chi connectivity index (χ1) is 9.56. The number of halogens is 2. The second kappa shape index (κ2) is 7.46. The smallest absolute Gasteiger partial charge is 0.344 e. The van der Waals surface area contributed by atoms with Gasteiger partial charge in [-0.3, -0.25) is 0 Å². The van der Waals surface area contributed by atoms with Gasteiger partial charge in [-0.15, -0.1) is 0 Å². The lowest BCUT2D eigenvalue weighted by Crippen LogP contribution is -2.24. The number of ether oxygens (including phenoxy) is 2. The standard InChI is InChI=1S/C15H18Br2O3/c1-10-7-11(16)8-13(17)15(10)19-9-14(18)20-12-5-3-2-4-6-12/h7-8,12H,2-6,9H2,1H3. The highest BCUT2D eigenvalue weighted by atomic mass is 79.9.